The number of hydrogen-bond donors (Lipinski definition) is 1. The number of nitrogens with zero attached hydrogens (tertiary/aromatic N) is 1. The fraction of sp³-hybridized carbons (Fsp3) is 0.625. The predicted octanol–water partition coefficient (Wildman–Crippen LogP) is 4.12. The maximum Gasteiger partial charge on any atom is 0.230 e. The van der Waals surface area contributed by atoms with Crippen molar-refractivity contribution >= 4 is 22.2 Å². The first kappa shape index (κ1) is 15.1. The van der Waals surface area contributed by atoms with Gasteiger partial charge < -0.3 is 5.32 Å². The highest BCUT2D eigenvalue weighted by atomic mass is 32.1. The van der Waals surface area contributed by atoms with E-state index in [1.807, 2.05) is 20.8 Å². The van der Waals surface area contributed by atoms with Crippen molar-refractivity contribution in [3.8, 4) is 6.07 Å². The first-order valence-corrected chi connectivity index (χ1v) is 8.04. The third-order valence-corrected chi connectivity index (χ3v) is 5.13. The summed E-state index contributed by atoms with van der Waals surface area (Å²) in [7, 11) is 0. The Balaban J connectivity index is 2.30. The molecule has 1 atom stereocenters. The van der Waals surface area contributed by atoms with E-state index in [4.69, 9.17) is 0 Å². The monoisotopic (exact) mass is 290 g/mol. The van der Waals surface area contributed by atoms with Crippen LogP contribution in [0.1, 0.15) is 56.5 Å². The van der Waals surface area contributed by atoms with Crippen LogP contribution < -0.4 is 5.32 Å². The molecule has 4 heteroatoms. The Hall–Kier alpha value is -1.34. The van der Waals surface area contributed by atoms with Crippen LogP contribution in [0.15, 0.2) is 0 Å². The topological polar surface area (TPSA) is 52.9 Å². The van der Waals surface area contributed by atoms with Gasteiger partial charge in [-0.2, -0.15) is 5.26 Å². The summed E-state index contributed by atoms with van der Waals surface area (Å²) in [5.41, 5.74) is 1.42. The van der Waals surface area contributed by atoms with Crippen LogP contribution in [0.2, 0.25) is 0 Å². The first-order valence-electron chi connectivity index (χ1n) is 7.22. The van der Waals surface area contributed by atoms with Gasteiger partial charge in [-0.25, -0.2) is 0 Å². The number of fused-ring (bicyclic) bond motifs is 1. The lowest BCUT2D eigenvalue weighted by Gasteiger charge is -2.20. The van der Waals surface area contributed by atoms with Crippen LogP contribution in [-0.2, 0) is 17.6 Å². The average Bonchev–Trinajstić information content (AvgIpc) is 2.73. The second-order valence-electron chi connectivity index (χ2n) is 6.54. The molecule has 0 fully saturated rings. The van der Waals surface area contributed by atoms with Crippen molar-refractivity contribution in [3.63, 3.8) is 0 Å². The highest BCUT2D eigenvalue weighted by Gasteiger charge is 2.28. The van der Waals surface area contributed by atoms with Crippen molar-refractivity contribution in [1.82, 2.24) is 0 Å². The molecule has 3 nitrogen and oxygen atoms in total. The molecule has 0 saturated carbocycles. The normalized spacial score (nSPS) is 18.2. The quantitative estimate of drug-likeness (QED) is 0.890. The third-order valence-electron chi connectivity index (χ3n) is 3.96. The van der Waals surface area contributed by atoms with Crippen molar-refractivity contribution in [3.05, 3.63) is 16.0 Å². The first-order chi connectivity index (χ1) is 9.36. The molecule has 1 N–H and O–H groups in total. The van der Waals surface area contributed by atoms with E-state index in [1.54, 1.807) is 11.3 Å². The average molecular weight is 290 g/mol. The van der Waals surface area contributed by atoms with Gasteiger partial charge in [0.25, 0.3) is 0 Å². The van der Waals surface area contributed by atoms with Gasteiger partial charge in [-0.05, 0) is 30.7 Å². The van der Waals surface area contributed by atoms with Crippen LogP contribution in [0.5, 0.6) is 0 Å². The summed E-state index contributed by atoms with van der Waals surface area (Å²) in [6.07, 6.45) is 4.36. The van der Waals surface area contributed by atoms with Gasteiger partial charge in [0.2, 0.25) is 5.91 Å². The molecular weight excluding hydrogens is 268 g/mol. The molecule has 0 radical (unpaired) electrons. The summed E-state index contributed by atoms with van der Waals surface area (Å²) >= 11 is 1.60. The minimum Gasteiger partial charge on any atom is -0.316 e. The Morgan fingerprint density at radius 3 is 2.75 bits per heavy atom. The second-order valence-corrected chi connectivity index (χ2v) is 7.65. The third kappa shape index (κ3) is 2.88. The molecule has 108 valence electrons. The molecule has 0 aliphatic heterocycles. The van der Waals surface area contributed by atoms with Crippen molar-refractivity contribution in [1.29, 1.82) is 5.26 Å². The van der Waals surface area contributed by atoms with Crippen molar-refractivity contribution in [2.45, 2.75) is 53.4 Å². The zero-order valence-corrected chi connectivity index (χ0v) is 13.5. The standard InChI is InChI=1S/C16H22N2OS/c1-5-10-6-7-11-12(9-17)14(20-13(11)8-10)18-15(19)16(2,3)4/h10H,5-8H2,1-4H3,(H,18,19). The van der Waals surface area contributed by atoms with Gasteiger partial charge in [0.1, 0.15) is 11.1 Å². The molecule has 20 heavy (non-hydrogen) atoms. The summed E-state index contributed by atoms with van der Waals surface area (Å²) in [6, 6.07) is 2.29. The lowest BCUT2D eigenvalue weighted by Crippen LogP contribution is -2.27. The fourth-order valence-corrected chi connectivity index (χ4v) is 3.81. The Morgan fingerprint density at radius 1 is 1.50 bits per heavy atom. The number of rotatable bonds is 2. The number of nitrogens with one attached hydrogen (secondary N) is 1. The van der Waals surface area contributed by atoms with Gasteiger partial charge in [0.15, 0.2) is 0 Å². The molecule has 0 aromatic carbocycles. The molecule has 1 aromatic heterocycles. The maximum absolute atomic E-state index is 12.1. The van der Waals surface area contributed by atoms with Gasteiger partial charge in [-0.1, -0.05) is 34.1 Å². The number of amides is 1. The number of carbonyl (C=O) groups excluding carboxylic acids is 1. The number of thiophene rings is 1. The van der Waals surface area contributed by atoms with Crippen LogP contribution in [0, 0.1) is 22.7 Å². The van der Waals surface area contributed by atoms with Crippen molar-refractivity contribution in [2.24, 2.45) is 11.3 Å². The van der Waals surface area contributed by atoms with Gasteiger partial charge in [0.05, 0.1) is 5.56 Å². The minimum atomic E-state index is -0.441. The second kappa shape index (κ2) is 5.57. The Bertz CT molecular complexity index is 560. The lowest BCUT2D eigenvalue weighted by molar-refractivity contribution is -0.123. The zero-order chi connectivity index (χ0) is 14.9. The van der Waals surface area contributed by atoms with Gasteiger partial charge in [0, 0.05) is 10.3 Å². The number of anilines is 1. The van der Waals surface area contributed by atoms with E-state index in [0.717, 1.165) is 30.2 Å². The maximum atomic E-state index is 12.1. The molecule has 1 unspecified atom stereocenters. The van der Waals surface area contributed by atoms with Gasteiger partial charge >= 0.3 is 0 Å². The molecule has 1 heterocycles. The van der Waals surface area contributed by atoms with E-state index in [9.17, 15) is 10.1 Å². The number of nitriles is 1. The highest BCUT2D eigenvalue weighted by molar-refractivity contribution is 7.16. The summed E-state index contributed by atoms with van der Waals surface area (Å²) < 4.78 is 0. The zero-order valence-electron chi connectivity index (χ0n) is 12.7. The van der Waals surface area contributed by atoms with E-state index in [0.29, 0.717) is 5.56 Å². The van der Waals surface area contributed by atoms with E-state index < -0.39 is 5.41 Å². The molecule has 2 rings (SSSR count). The Kier molecular flexibility index (Phi) is 4.19. The van der Waals surface area contributed by atoms with Crippen molar-refractivity contribution < 1.29 is 4.79 Å². The van der Waals surface area contributed by atoms with Crippen LogP contribution >= 0.6 is 11.3 Å². The smallest absolute Gasteiger partial charge is 0.230 e. The van der Waals surface area contributed by atoms with Crippen LogP contribution in [0.3, 0.4) is 0 Å². The largest absolute Gasteiger partial charge is 0.316 e. The summed E-state index contributed by atoms with van der Waals surface area (Å²) in [6.45, 7) is 7.87. The summed E-state index contributed by atoms with van der Waals surface area (Å²) in [4.78, 5) is 13.4. The minimum absolute atomic E-state index is 0.0281. The van der Waals surface area contributed by atoms with Crippen LogP contribution in [-0.4, -0.2) is 5.91 Å². The van der Waals surface area contributed by atoms with Gasteiger partial charge in [-0.15, -0.1) is 11.3 Å². The Morgan fingerprint density at radius 2 is 2.20 bits per heavy atom. The van der Waals surface area contributed by atoms with Crippen LogP contribution in [0.25, 0.3) is 0 Å². The fourth-order valence-electron chi connectivity index (χ4n) is 2.50. The SMILES string of the molecule is CCC1CCc2c(sc(NC(=O)C(C)(C)C)c2C#N)C1. The molecule has 1 aliphatic carbocycles. The summed E-state index contributed by atoms with van der Waals surface area (Å²) in [5, 5.41) is 13.1. The van der Waals surface area contributed by atoms with E-state index >= 15 is 0 Å². The van der Waals surface area contributed by atoms with Crippen LogP contribution in [0.4, 0.5) is 5.00 Å². The molecule has 1 aromatic rings. The van der Waals surface area contributed by atoms with E-state index in [-0.39, 0.29) is 5.91 Å². The molecule has 0 bridgehead atoms. The Labute approximate surface area is 125 Å². The lowest BCUT2D eigenvalue weighted by atomic mass is 9.86. The number of hydrogen-bond acceptors (Lipinski definition) is 3. The highest BCUT2D eigenvalue weighted by Crippen LogP contribution is 2.40. The molecule has 0 spiro atoms. The predicted molar refractivity (Wildman–Crippen MR) is 82.9 cm³/mol. The molecule has 0 saturated heterocycles. The van der Waals surface area contributed by atoms with E-state index in [1.165, 1.54) is 16.9 Å². The molecule has 1 aliphatic rings. The van der Waals surface area contributed by atoms with E-state index in [2.05, 4.69) is 18.3 Å². The van der Waals surface area contributed by atoms with Gasteiger partial charge in [-0.3, -0.25) is 4.79 Å². The summed E-state index contributed by atoms with van der Waals surface area (Å²) in [5.74, 6) is 0.693. The molecular formula is C16H22N2OS. The number of carbonyl (C=O) groups is 1. The van der Waals surface area contributed by atoms with Crippen molar-refractivity contribution in [2.75, 3.05) is 5.32 Å². The molecule has 1 amide bonds.